The minimum atomic E-state index is -3.37. The van der Waals surface area contributed by atoms with E-state index in [1.165, 1.54) is 12.3 Å². The fourth-order valence-corrected chi connectivity index (χ4v) is 3.62. The third kappa shape index (κ3) is 4.54. The minimum Gasteiger partial charge on any atom is -0.274 e. The Bertz CT molecular complexity index is 1160. The molecule has 7 nitrogen and oxygen atoms in total. The first kappa shape index (κ1) is 21.6. The van der Waals surface area contributed by atoms with Crippen LogP contribution in [0.4, 0.5) is 11.5 Å². The average molecular weight is 425 g/mol. The first-order valence-electron chi connectivity index (χ1n) is 9.65. The van der Waals surface area contributed by atoms with Gasteiger partial charge in [-0.2, -0.15) is 0 Å². The molecule has 1 amide bonds. The Morgan fingerprint density at radius 1 is 0.967 bits per heavy atom. The van der Waals surface area contributed by atoms with Gasteiger partial charge in [-0.3, -0.25) is 9.69 Å². The number of carbonyl (C=O) groups excluding carboxylic acids is 1. The highest BCUT2D eigenvalue weighted by atomic mass is 32.2. The van der Waals surface area contributed by atoms with Crippen molar-refractivity contribution in [2.24, 2.45) is 0 Å². The van der Waals surface area contributed by atoms with E-state index in [1.807, 2.05) is 32.0 Å². The van der Waals surface area contributed by atoms with Crippen molar-refractivity contribution < 1.29 is 13.2 Å². The number of anilines is 2. The standard InChI is InChI=1S/C22H24N4O3S/c1-5-16-7-8-17(18-12-23-15(3)24-13-18)11-20(16)26(22(27)6-2)21-10-9-19(14-25-21)30(4,28)29/h7-14H,5-6H2,1-4H3. The smallest absolute Gasteiger partial charge is 0.232 e. The number of benzene rings is 1. The van der Waals surface area contributed by atoms with Crippen molar-refractivity contribution >= 4 is 27.2 Å². The van der Waals surface area contributed by atoms with Gasteiger partial charge in [-0.15, -0.1) is 0 Å². The van der Waals surface area contributed by atoms with Crippen molar-refractivity contribution in [3.63, 3.8) is 0 Å². The molecule has 0 atom stereocenters. The molecule has 0 radical (unpaired) electrons. The quantitative estimate of drug-likeness (QED) is 0.596. The van der Waals surface area contributed by atoms with Crippen LogP contribution >= 0.6 is 0 Å². The molecule has 1 aromatic carbocycles. The Labute approximate surface area is 176 Å². The van der Waals surface area contributed by atoms with Crippen molar-refractivity contribution in [3.05, 3.63) is 60.3 Å². The number of nitrogens with zero attached hydrogens (tertiary/aromatic N) is 4. The Balaban J connectivity index is 2.14. The van der Waals surface area contributed by atoms with Crippen LogP contribution in [0.5, 0.6) is 0 Å². The van der Waals surface area contributed by atoms with E-state index in [0.29, 0.717) is 17.3 Å². The molecule has 0 aliphatic carbocycles. The number of amides is 1. The molecule has 2 heterocycles. The van der Waals surface area contributed by atoms with Gasteiger partial charge in [-0.1, -0.05) is 26.0 Å². The van der Waals surface area contributed by atoms with Crippen molar-refractivity contribution in [1.29, 1.82) is 0 Å². The second kappa shape index (κ2) is 8.71. The van der Waals surface area contributed by atoms with Crippen LogP contribution in [0.15, 0.2) is 53.8 Å². The van der Waals surface area contributed by atoms with Crippen LogP contribution < -0.4 is 4.90 Å². The summed E-state index contributed by atoms with van der Waals surface area (Å²) >= 11 is 0. The predicted molar refractivity (Wildman–Crippen MR) is 116 cm³/mol. The van der Waals surface area contributed by atoms with Gasteiger partial charge in [-0.25, -0.2) is 23.4 Å². The lowest BCUT2D eigenvalue weighted by atomic mass is 10.0. The van der Waals surface area contributed by atoms with Gasteiger partial charge in [0, 0.05) is 36.8 Å². The summed E-state index contributed by atoms with van der Waals surface area (Å²) in [7, 11) is -3.37. The maximum Gasteiger partial charge on any atom is 0.232 e. The third-order valence-electron chi connectivity index (χ3n) is 4.75. The summed E-state index contributed by atoms with van der Waals surface area (Å²) in [5, 5.41) is 0. The molecule has 0 fully saturated rings. The van der Waals surface area contributed by atoms with Crippen molar-refractivity contribution in [2.45, 2.75) is 38.5 Å². The summed E-state index contributed by atoms with van der Waals surface area (Å²) in [5.41, 5.74) is 3.40. The summed E-state index contributed by atoms with van der Waals surface area (Å²) in [6.45, 7) is 5.62. The number of hydrogen-bond donors (Lipinski definition) is 0. The summed E-state index contributed by atoms with van der Waals surface area (Å²) in [5.74, 6) is 0.921. The molecule has 30 heavy (non-hydrogen) atoms. The maximum atomic E-state index is 12.9. The molecular weight excluding hydrogens is 400 g/mol. The van der Waals surface area contributed by atoms with Gasteiger partial charge in [0.2, 0.25) is 5.91 Å². The SMILES string of the molecule is CCC(=O)N(c1ccc(S(C)(=O)=O)cn1)c1cc(-c2cnc(C)nc2)ccc1CC. The molecule has 0 bridgehead atoms. The van der Waals surface area contributed by atoms with Crippen LogP contribution in [0, 0.1) is 6.92 Å². The molecule has 156 valence electrons. The van der Waals surface area contributed by atoms with E-state index in [1.54, 1.807) is 30.3 Å². The zero-order chi connectivity index (χ0) is 21.9. The third-order valence-corrected chi connectivity index (χ3v) is 5.85. The number of carbonyl (C=O) groups is 1. The Morgan fingerprint density at radius 3 is 2.20 bits per heavy atom. The largest absolute Gasteiger partial charge is 0.274 e. The summed E-state index contributed by atoms with van der Waals surface area (Å²) in [6, 6.07) is 8.91. The molecule has 0 spiro atoms. The van der Waals surface area contributed by atoms with Crippen molar-refractivity contribution in [1.82, 2.24) is 15.0 Å². The number of sulfone groups is 1. The number of aryl methyl sites for hydroxylation is 2. The molecule has 3 aromatic rings. The number of hydrogen-bond acceptors (Lipinski definition) is 6. The minimum absolute atomic E-state index is 0.108. The highest BCUT2D eigenvalue weighted by molar-refractivity contribution is 7.90. The van der Waals surface area contributed by atoms with Gasteiger partial charge >= 0.3 is 0 Å². The molecule has 0 saturated carbocycles. The Hall–Kier alpha value is -3.13. The van der Waals surface area contributed by atoms with E-state index < -0.39 is 9.84 Å². The van der Waals surface area contributed by atoms with Crippen LogP contribution in [0.2, 0.25) is 0 Å². The lowest BCUT2D eigenvalue weighted by Crippen LogP contribution is -2.27. The Kier molecular flexibility index (Phi) is 6.26. The Morgan fingerprint density at radius 2 is 1.67 bits per heavy atom. The van der Waals surface area contributed by atoms with Crippen molar-refractivity contribution in [3.8, 4) is 11.1 Å². The fourth-order valence-electron chi connectivity index (χ4n) is 3.06. The summed E-state index contributed by atoms with van der Waals surface area (Å²) in [6.07, 6.45) is 6.90. The topological polar surface area (TPSA) is 93.1 Å². The second-order valence-electron chi connectivity index (χ2n) is 6.92. The molecule has 0 N–H and O–H groups in total. The molecule has 0 saturated heterocycles. The van der Waals surface area contributed by atoms with E-state index in [4.69, 9.17) is 0 Å². The molecular formula is C22H24N4O3S. The van der Waals surface area contributed by atoms with Crippen LogP contribution in [-0.4, -0.2) is 35.5 Å². The van der Waals surface area contributed by atoms with E-state index in [9.17, 15) is 13.2 Å². The average Bonchev–Trinajstić information content (AvgIpc) is 2.74. The van der Waals surface area contributed by atoms with Gasteiger partial charge in [0.05, 0.1) is 10.6 Å². The lowest BCUT2D eigenvalue weighted by Gasteiger charge is -2.25. The summed E-state index contributed by atoms with van der Waals surface area (Å²) < 4.78 is 23.5. The monoisotopic (exact) mass is 424 g/mol. The van der Waals surface area contributed by atoms with E-state index >= 15 is 0 Å². The predicted octanol–water partition coefficient (Wildman–Crippen LogP) is 3.89. The van der Waals surface area contributed by atoms with Crippen LogP contribution in [0.25, 0.3) is 11.1 Å². The van der Waals surface area contributed by atoms with E-state index in [-0.39, 0.29) is 17.2 Å². The van der Waals surface area contributed by atoms with Crippen LogP contribution in [0.1, 0.15) is 31.7 Å². The van der Waals surface area contributed by atoms with Gasteiger partial charge in [0.1, 0.15) is 11.6 Å². The van der Waals surface area contributed by atoms with Gasteiger partial charge in [0.15, 0.2) is 9.84 Å². The number of rotatable bonds is 6. The molecule has 0 unspecified atom stereocenters. The lowest BCUT2D eigenvalue weighted by molar-refractivity contribution is -0.117. The highest BCUT2D eigenvalue weighted by Gasteiger charge is 2.22. The van der Waals surface area contributed by atoms with Gasteiger partial charge in [-0.05, 0) is 42.7 Å². The molecule has 3 rings (SSSR count). The zero-order valence-corrected chi connectivity index (χ0v) is 18.3. The normalized spacial score (nSPS) is 11.3. The maximum absolute atomic E-state index is 12.9. The summed E-state index contributed by atoms with van der Waals surface area (Å²) in [4.78, 5) is 27.3. The molecule has 0 aliphatic heterocycles. The molecule has 8 heteroatoms. The van der Waals surface area contributed by atoms with Crippen LogP contribution in [0.3, 0.4) is 0 Å². The highest BCUT2D eigenvalue weighted by Crippen LogP contribution is 2.33. The van der Waals surface area contributed by atoms with E-state index in [0.717, 1.165) is 29.4 Å². The second-order valence-corrected chi connectivity index (χ2v) is 8.94. The van der Waals surface area contributed by atoms with Gasteiger partial charge in [0.25, 0.3) is 0 Å². The molecule has 0 aliphatic rings. The fraction of sp³-hybridized carbons (Fsp3) is 0.273. The van der Waals surface area contributed by atoms with E-state index in [2.05, 4.69) is 15.0 Å². The zero-order valence-electron chi connectivity index (χ0n) is 17.5. The van der Waals surface area contributed by atoms with Crippen LogP contribution in [-0.2, 0) is 21.1 Å². The van der Waals surface area contributed by atoms with Crippen molar-refractivity contribution in [2.75, 3.05) is 11.2 Å². The number of pyridine rings is 1. The first-order valence-corrected chi connectivity index (χ1v) is 11.5. The number of aromatic nitrogens is 3. The van der Waals surface area contributed by atoms with Gasteiger partial charge < -0.3 is 0 Å². The first-order chi connectivity index (χ1) is 14.2. The molecule has 2 aromatic heterocycles.